The molecule has 0 aliphatic rings. The van der Waals surface area contributed by atoms with E-state index in [4.69, 9.17) is 4.74 Å². The average Bonchev–Trinajstić information content (AvgIpc) is 2.80. The summed E-state index contributed by atoms with van der Waals surface area (Å²) >= 11 is 0. The number of hydrogen-bond donors (Lipinski definition) is 2. The molecule has 1 aromatic heterocycles. The van der Waals surface area contributed by atoms with Crippen molar-refractivity contribution in [3.63, 3.8) is 0 Å². The largest absolute Gasteiger partial charge is 0.497 e. The first-order valence-corrected chi connectivity index (χ1v) is 6.20. The molecule has 0 radical (unpaired) electrons. The molecule has 0 spiro atoms. The normalized spacial score (nSPS) is 10.9. The number of likely N-dealkylation sites (N-methyl/N-ethyl adjacent to an activating group) is 1. The molecule has 1 aromatic carbocycles. The first kappa shape index (κ1) is 13.4. The molecule has 2 aromatic rings. The molecule has 2 rings (SSSR count). The number of H-pyrrole nitrogens is 1. The highest BCUT2D eigenvalue weighted by Crippen LogP contribution is 2.21. The molecule has 0 aliphatic carbocycles. The van der Waals surface area contributed by atoms with E-state index in [1.54, 1.807) is 7.11 Å². The number of nitrogens with one attached hydrogen (secondary N) is 2. The third-order valence-corrected chi connectivity index (χ3v) is 2.92. The number of nitrogens with zero attached hydrogens (tertiary/aromatic N) is 1. The molecule has 102 valence electrons. The minimum Gasteiger partial charge on any atom is -0.497 e. The topological polar surface area (TPSA) is 57.4 Å². The fraction of sp³-hybridized carbons (Fsp3) is 0.357. The maximum Gasteiger partial charge on any atom is 0.267 e. The summed E-state index contributed by atoms with van der Waals surface area (Å²) in [6.45, 7) is 1.45. The van der Waals surface area contributed by atoms with Crippen molar-refractivity contribution in [2.75, 3.05) is 34.3 Å². The lowest BCUT2D eigenvalue weighted by Gasteiger charge is -2.09. The summed E-state index contributed by atoms with van der Waals surface area (Å²) in [5, 5.41) is 3.85. The van der Waals surface area contributed by atoms with Crippen molar-refractivity contribution < 1.29 is 9.53 Å². The molecule has 0 fully saturated rings. The van der Waals surface area contributed by atoms with Crippen LogP contribution in [0.4, 0.5) is 0 Å². The first-order valence-electron chi connectivity index (χ1n) is 6.20. The minimum absolute atomic E-state index is 0.0861. The predicted octanol–water partition coefficient (Wildman–Crippen LogP) is 1.47. The Morgan fingerprint density at radius 3 is 2.84 bits per heavy atom. The number of aromatic nitrogens is 1. The fourth-order valence-corrected chi connectivity index (χ4v) is 1.85. The highest BCUT2D eigenvalue weighted by atomic mass is 16.5. The molecular formula is C14H19N3O2. The highest BCUT2D eigenvalue weighted by molar-refractivity contribution is 5.98. The van der Waals surface area contributed by atoms with Crippen molar-refractivity contribution in [1.29, 1.82) is 0 Å². The van der Waals surface area contributed by atoms with Gasteiger partial charge in [0.15, 0.2) is 0 Å². The molecule has 5 heteroatoms. The lowest BCUT2D eigenvalue weighted by molar-refractivity contribution is 0.0947. The van der Waals surface area contributed by atoms with E-state index in [2.05, 4.69) is 10.3 Å². The lowest BCUT2D eigenvalue weighted by atomic mass is 10.2. The number of aromatic amines is 1. The van der Waals surface area contributed by atoms with Crippen LogP contribution < -0.4 is 10.1 Å². The molecule has 0 saturated carbocycles. The van der Waals surface area contributed by atoms with Crippen LogP contribution in [0.15, 0.2) is 24.3 Å². The fourth-order valence-electron chi connectivity index (χ4n) is 1.85. The quantitative estimate of drug-likeness (QED) is 0.857. The summed E-state index contributed by atoms with van der Waals surface area (Å²) in [4.78, 5) is 17.1. The smallest absolute Gasteiger partial charge is 0.267 e. The van der Waals surface area contributed by atoms with E-state index in [1.165, 1.54) is 0 Å². The molecule has 1 heterocycles. The third-order valence-electron chi connectivity index (χ3n) is 2.92. The number of ether oxygens (including phenoxy) is 1. The SMILES string of the molecule is COc1ccc2[nH]c(C(=O)NCCN(C)C)cc2c1. The predicted molar refractivity (Wildman–Crippen MR) is 75.7 cm³/mol. The van der Waals surface area contributed by atoms with Gasteiger partial charge in [0.1, 0.15) is 11.4 Å². The number of benzene rings is 1. The summed E-state index contributed by atoms with van der Waals surface area (Å²) in [6.07, 6.45) is 0. The van der Waals surface area contributed by atoms with Gasteiger partial charge in [0.25, 0.3) is 5.91 Å². The van der Waals surface area contributed by atoms with Crippen LogP contribution in [0.3, 0.4) is 0 Å². The average molecular weight is 261 g/mol. The summed E-state index contributed by atoms with van der Waals surface area (Å²) < 4.78 is 5.16. The molecule has 2 N–H and O–H groups in total. The Balaban J connectivity index is 2.10. The summed E-state index contributed by atoms with van der Waals surface area (Å²) in [7, 11) is 5.57. The monoisotopic (exact) mass is 261 g/mol. The molecule has 0 saturated heterocycles. The van der Waals surface area contributed by atoms with Gasteiger partial charge in [-0.1, -0.05) is 0 Å². The summed E-state index contributed by atoms with van der Waals surface area (Å²) in [5.74, 6) is 0.697. The van der Waals surface area contributed by atoms with Crippen LogP contribution in [0.1, 0.15) is 10.5 Å². The molecule has 0 unspecified atom stereocenters. The van der Waals surface area contributed by atoms with Gasteiger partial charge < -0.3 is 19.9 Å². The van der Waals surface area contributed by atoms with E-state index < -0.39 is 0 Å². The number of fused-ring (bicyclic) bond motifs is 1. The maximum atomic E-state index is 12.0. The van der Waals surface area contributed by atoms with Gasteiger partial charge in [-0.15, -0.1) is 0 Å². The molecule has 19 heavy (non-hydrogen) atoms. The number of carbonyl (C=O) groups is 1. The van der Waals surface area contributed by atoms with Crippen molar-refractivity contribution in [2.45, 2.75) is 0 Å². The van der Waals surface area contributed by atoms with Crippen LogP contribution in [0.25, 0.3) is 10.9 Å². The first-order chi connectivity index (χ1) is 9.10. The van der Waals surface area contributed by atoms with Crippen LogP contribution in [-0.4, -0.2) is 50.1 Å². The second-order valence-corrected chi connectivity index (χ2v) is 4.70. The maximum absolute atomic E-state index is 12.0. The van der Waals surface area contributed by atoms with Crippen molar-refractivity contribution in [2.24, 2.45) is 0 Å². The van der Waals surface area contributed by atoms with Crippen molar-refractivity contribution in [3.05, 3.63) is 30.0 Å². The number of methoxy groups -OCH3 is 1. The van der Waals surface area contributed by atoms with E-state index in [-0.39, 0.29) is 5.91 Å². The number of rotatable bonds is 5. The van der Waals surface area contributed by atoms with Gasteiger partial charge >= 0.3 is 0 Å². The second kappa shape index (κ2) is 5.75. The molecule has 5 nitrogen and oxygen atoms in total. The Labute approximate surface area is 112 Å². The molecule has 0 aliphatic heterocycles. The van der Waals surface area contributed by atoms with Crippen molar-refractivity contribution in [3.8, 4) is 5.75 Å². The third kappa shape index (κ3) is 3.26. The Morgan fingerprint density at radius 2 is 2.16 bits per heavy atom. The van der Waals surface area contributed by atoms with Crippen LogP contribution in [-0.2, 0) is 0 Å². The van der Waals surface area contributed by atoms with Crippen LogP contribution in [0.5, 0.6) is 5.75 Å². The van der Waals surface area contributed by atoms with Gasteiger partial charge in [0, 0.05) is 24.0 Å². The Bertz CT molecular complexity index is 575. The van der Waals surface area contributed by atoms with Gasteiger partial charge in [-0.3, -0.25) is 4.79 Å². The number of amides is 1. The van der Waals surface area contributed by atoms with Crippen molar-refractivity contribution in [1.82, 2.24) is 15.2 Å². The van der Waals surface area contributed by atoms with E-state index in [0.717, 1.165) is 23.2 Å². The minimum atomic E-state index is -0.0861. The van der Waals surface area contributed by atoms with Crippen molar-refractivity contribution >= 4 is 16.8 Å². The van der Waals surface area contributed by atoms with E-state index >= 15 is 0 Å². The Hall–Kier alpha value is -2.01. The number of carbonyl (C=O) groups excluding carboxylic acids is 1. The number of hydrogen-bond acceptors (Lipinski definition) is 3. The Morgan fingerprint density at radius 1 is 1.37 bits per heavy atom. The molecular weight excluding hydrogens is 242 g/mol. The van der Waals surface area contributed by atoms with Crippen LogP contribution in [0, 0.1) is 0 Å². The standard InChI is InChI=1S/C14H19N3O2/c1-17(2)7-6-15-14(18)13-9-10-8-11(19-3)4-5-12(10)16-13/h4-5,8-9,16H,6-7H2,1-3H3,(H,15,18). The van der Waals surface area contributed by atoms with E-state index in [1.807, 2.05) is 43.3 Å². The van der Waals surface area contributed by atoms with E-state index in [9.17, 15) is 4.79 Å². The zero-order valence-corrected chi connectivity index (χ0v) is 11.5. The van der Waals surface area contributed by atoms with Crippen LogP contribution >= 0.6 is 0 Å². The van der Waals surface area contributed by atoms with E-state index in [0.29, 0.717) is 12.2 Å². The second-order valence-electron chi connectivity index (χ2n) is 4.70. The van der Waals surface area contributed by atoms with Gasteiger partial charge in [-0.25, -0.2) is 0 Å². The zero-order valence-electron chi connectivity index (χ0n) is 11.5. The molecule has 1 amide bonds. The zero-order chi connectivity index (χ0) is 13.8. The summed E-state index contributed by atoms with van der Waals surface area (Å²) in [5.41, 5.74) is 1.50. The highest BCUT2D eigenvalue weighted by Gasteiger charge is 2.09. The van der Waals surface area contributed by atoms with Gasteiger partial charge in [-0.2, -0.15) is 0 Å². The summed E-state index contributed by atoms with van der Waals surface area (Å²) in [6, 6.07) is 7.52. The Kier molecular flexibility index (Phi) is 4.06. The molecule has 0 atom stereocenters. The van der Waals surface area contributed by atoms with Gasteiger partial charge in [-0.05, 0) is 38.4 Å². The lowest BCUT2D eigenvalue weighted by Crippen LogP contribution is -2.31. The van der Waals surface area contributed by atoms with Gasteiger partial charge in [0.05, 0.1) is 7.11 Å². The van der Waals surface area contributed by atoms with Crippen LogP contribution in [0.2, 0.25) is 0 Å². The molecule has 0 bridgehead atoms. The van der Waals surface area contributed by atoms with Gasteiger partial charge in [0.2, 0.25) is 0 Å².